The lowest BCUT2D eigenvalue weighted by molar-refractivity contribution is 0.0600. The molecule has 0 saturated heterocycles. The molecule has 0 aromatic heterocycles. The van der Waals surface area contributed by atoms with E-state index in [0.717, 1.165) is 12.2 Å². The van der Waals surface area contributed by atoms with E-state index in [9.17, 15) is 4.79 Å². The van der Waals surface area contributed by atoms with Crippen molar-refractivity contribution in [3.63, 3.8) is 0 Å². The molecule has 116 valence electrons. The molecule has 0 radical (unpaired) electrons. The van der Waals surface area contributed by atoms with E-state index < -0.39 is 0 Å². The van der Waals surface area contributed by atoms with Gasteiger partial charge in [0.25, 0.3) is 0 Å². The fourth-order valence-electron chi connectivity index (χ4n) is 1.85. The minimum atomic E-state index is -0.359. The summed E-state index contributed by atoms with van der Waals surface area (Å²) in [6.07, 6.45) is 0.744. The Bertz CT molecular complexity index is 610. The molecular weight excluding hydrogens is 282 g/mol. The van der Waals surface area contributed by atoms with Gasteiger partial charge in [0.15, 0.2) is 0 Å². The maximum atomic E-state index is 11.3. The highest BCUT2D eigenvalue weighted by molar-refractivity contribution is 5.89. The molecule has 0 unspecified atom stereocenters. The van der Waals surface area contributed by atoms with Gasteiger partial charge < -0.3 is 19.9 Å². The van der Waals surface area contributed by atoms with Crippen molar-refractivity contribution in [1.82, 2.24) is 0 Å². The number of rotatable bonds is 7. The Morgan fingerprint density at radius 3 is 2.32 bits per heavy atom. The number of esters is 1. The third-order valence-corrected chi connectivity index (χ3v) is 2.96. The first kappa shape index (κ1) is 15.7. The van der Waals surface area contributed by atoms with Crippen molar-refractivity contribution in [3.8, 4) is 11.5 Å². The number of hydrogen-bond donors (Lipinski definition) is 1. The first-order valence-corrected chi connectivity index (χ1v) is 6.98. The van der Waals surface area contributed by atoms with Crippen LogP contribution >= 0.6 is 0 Å². The van der Waals surface area contributed by atoms with Gasteiger partial charge >= 0.3 is 5.97 Å². The third kappa shape index (κ3) is 4.70. The number of carbonyl (C=O) groups excluding carboxylic acids is 1. The molecular formula is C17H19NO4. The topological polar surface area (TPSA) is 70.8 Å². The number of anilines is 1. The number of benzene rings is 2. The van der Waals surface area contributed by atoms with Gasteiger partial charge in [0.05, 0.1) is 25.9 Å². The number of methoxy groups -OCH3 is 1. The summed E-state index contributed by atoms with van der Waals surface area (Å²) in [6.45, 7) is 1.07. The molecule has 0 saturated carbocycles. The molecule has 0 atom stereocenters. The largest absolute Gasteiger partial charge is 0.493 e. The molecule has 0 bridgehead atoms. The maximum Gasteiger partial charge on any atom is 0.337 e. The Hall–Kier alpha value is -2.69. The van der Waals surface area contributed by atoms with Crippen LogP contribution in [0.15, 0.2) is 48.5 Å². The Morgan fingerprint density at radius 1 is 1.00 bits per heavy atom. The first-order chi connectivity index (χ1) is 10.7. The van der Waals surface area contributed by atoms with Crippen LogP contribution in [0, 0.1) is 0 Å². The standard InChI is InChI=1S/C17H19NO4/c1-20-17(19)13-6-8-15(9-7-13)21-10-3-11-22-16-5-2-4-14(18)12-16/h2,4-9,12H,3,10-11,18H2,1H3. The molecule has 0 aliphatic carbocycles. The van der Waals surface area contributed by atoms with Crippen molar-refractivity contribution in [2.75, 3.05) is 26.1 Å². The summed E-state index contributed by atoms with van der Waals surface area (Å²) in [5, 5.41) is 0. The molecule has 5 nitrogen and oxygen atoms in total. The van der Waals surface area contributed by atoms with Crippen LogP contribution in [0.5, 0.6) is 11.5 Å². The lowest BCUT2D eigenvalue weighted by atomic mass is 10.2. The van der Waals surface area contributed by atoms with E-state index >= 15 is 0 Å². The Kier molecular flexibility index (Phi) is 5.65. The zero-order chi connectivity index (χ0) is 15.8. The smallest absolute Gasteiger partial charge is 0.337 e. The van der Waals surface area contributed by atoms with Crippen molar-refractivity contribution in [3.05, 3.63) is 54.1 Å². The summed E-state index contributed by atoms with van der Waals surface area (Å²) < 4.78 is 15.8. The highest BCUT2D eigenvalue weighted by Gasteiger charge is 2.04. The van der Waals surface area contributed by atoms with Crippen molar-refractivity contribution >= 4 is 11.7 Å². The predicted molar refractivity (Wildman–Crippen MR) is 84.2 cm³/mol. The molecule has 22 heavy (non-hydrogen) atoms. The average molecular weight is 301 g/mol. The van der Waals surface area contributed by atoms with E-state index in [4.69, 9.17) is 15.2 Å². The molecule has 2 aromatic carbocycles. The zero-order valence-electron chi connectivity index (χ0n) is 12.5. The van der Waals surface area contributed by atoms with Gasteiger partial charge in [0.2, 0.25) is 0 Å². The van der Waals surface area contributed by atoms with E-state index in [-0.39, 0.29) is 5.97 Å². The van der Waals surface area contributed by atoms with E-state index in [1.165, 1.54) is 7.11 Å². The van der Waals surface area contributed by atoms with Gasteiger partial charge in [-0.25, -0.2) is 4.79 Å². The molecule has 0 aliphatic heterocycles. The van der Waals surface area contributed by atoms with Crippen LogP contribution < -0.4 is 15.2 Å². The predicted octanol–water partition coefficient (Wildman–Crippen LogP) is 2.90. The number of nitrogen functional groups attached to an aromatic ring is 1. The molecule has 5 heteroatoms. The summed E-state index contributed by atoms with van der Waals surface area (Å²) in [5.41, 5.74) is 6.85. The molecule has 0 heterocycles. The van der Waals surface area contributed by atoms with Crippen molar-refractivity contribution in [2.45, 2.75) is 6.42 Å². The Balaban J connectivity index is 1.69. The Morgan fingerprint density at radius 2 is 1.68 bits per heavy atom. The second-order valence-corrected chi connectivity index (χ2v) is 4.64. The van der Waals surface area contributed by atoms with Gasteiger partial charge in [-0.3, -0.25) is 0 Å². The molecule has 0 fully saturated rings. The van der Waals surface area contributed by atoms with Crippen molar-refractivity contribution < 1.29 is 19.0 Å². The fraction of sp³-hybridized carbons (Fsp3) is 0.235. The first-order valence-electron chi connectivity index (χ1n) is 6.98. The normalized spacial score (nSPS) is 10.0. The van der Waals surface area contributed by atoms with Crippen LogP contribution in [0.25, 0.3) is 0 Å². The lowest BCUT2D eigenvalue weighted by Gasteiger charge is -2.08. The highest BCUT2D eigenvalue weighted by Crippen LogP contribution is 2.15. The highest BCUT2D eigenvalue weighted by atomic mass is 16.5. The summed E-state index contributed by atoms with van der Waals surface area (Å²) in [6, 6.07) is 14.1. The van der Waals surface area contributed by atoms with E-state index in [0.29, 0.717) is 30.2 Å². The second kappa shape index (κ2) is 7.93. The van der Waals surface area contributed by atoms with Gasteiger partial charge in [-0.2, -0.15) is 0 Å². The molecule has 2 rings (SSSR count). The van der Waals surface area contributed by atoms with Crippen LogP contribution in [0.3, 0.4) is 0 Å². The zero-order valence-corrected chi connectivity index (χ0v) is 12.5. The van der Waals surface area contributed by atoms with E-state index in [1.54, 1.807) is 30.3 Å². The van der Waals surface area contributed by atoms with Gasteiger partial charge in [-0.1, -0.05) is 6.07 Å². The molecule has 0 amide bonds. The second-order valence-electron chi connectivity index (χ2n) is 4.64. The van der Waals surface area contributed by atoms with Gasteiger partial charge in [0, 0.05) is 18.2 Å². The molecule has 0 spiro atoms. The summed E-state index contributed by atoms with van der Waals surface area (Å²) in [4.78, 5) is 11.3. The van der Waals surface area contributed by atoms with Crippen LogP contribution in [-0.2, 0) is 4.74 Å². The molecule has 2 aromatic rings. The van der Waals surface area contributed by atoms with Gasteiger partial charge in [-0.15, -0.1) is 0 Å². The number of hydrogen-bond acceptors (Lipinski definition) is 5. The SMILES string of the molecule is COC(=O)c1ccc(OCCCOc2cccc(N)c2)cc1. The third-order valence-electron chi connectivity index (χ3n) is 2.96. The van der Waals surface area contributed by atoms with Gasteiger partial charge in [-0.05, 0) is 36.4 Å². The minimum absolute atomic E-state index is 0.359. The maximum absolute atomic E-state index is 11.3. The van der Waals surface area contributed by atoms with Crippen LogP contribution in [-0.4, -0.2) is 26.3 Å². The van der Waals surface area contributed by atoms with E-state index in [2.05, 4.69) is 4.74 Å². The monoisotopic (exact) mass is 301 g/mol. The average Bonchev–Trinajstić information content (AvgIpc) is 2.54. The lowest BCUT2D eigenvalue weighted by Crippen LogP contribution is -2.05. The number of nitrogens with two attached hydrogens (primary N) is 1. The fourth-order valence-corrected chi connectivity index (χ4v) is 1.85. The summed E-state index contributed by atoms with van der Waals surface area (Å²) in [5.74, 6) is 1.10. The van der Waals surface area contributed by atoms with E-state index in [1.807, 2.05) is 18.2 Å². The molecule has 2 N–H and O–H groups in total. The van der Waals surface area contributed by atoms with Gasteiger partial charge in [0.1, 0.15) is 11.5 Å². The number of carbonyl (C=O) groups is 1. The van der Waals surface area contributed by atoms with Crippen molar-refractivity contribution in [2.24, 2.45) is 0 Å². The quantitative estimate of drug-likeness (QED) is 0.484. The minimum Gasteiger partial charge on any atom is -0.493 e. The number of ether oxygens (including phenoxy) is 3. The summed E-state index contributed by atoms with van der Waals surface area (Å²) in [7, 11) is 1.35. The van der Waals surface area contributed by atoms with Crippen LogP contribution in [0.1, 0.15) is 16.8 Å². The Labute approximate surface area is 129 Å². The van der Waals surface area contributed by atoms with Crippen molar-refractivity contribution in [1.29, 1.82) is 0 Å². The summed E-state index contributed by atoms with van der Waals surface area (Å²) >= 11 is 0. The molecule has 0 aliphatic rings. The van der Waals surface area contributed by atoms with Crippen LogP contribution in [0.2, 0.25) is 0 Å². The van der Waals surface area contributed by atoms with Crippen LogP contribution in [0.4, 0.5) is 5.69 Å².